The summed E-state index contributed by atoms with van der Waals surface area (Å²) in [6, 6.07) is 6.32. The number of methoxy groups -OCH3 is 1. The average molecular weight is 402 g/mol. The third-order valence-electron chi connectivity index (χ3n) is 4.52. The van der Waals surface area contributed by atoms with Gasteiger partial charge in [-0.15, -0.1) is 11.3 Å². The molecule has 8 heteroatoms. The van der Waals surface area contributed by atoms with Crippen molar-refractivity contribution in [3.63, 3.8) is 0 Å². The van der Waals surface area contributed by atoms with Gasteiger partial charge in [-0.1, -0.05) is 12.5 Å². The fourth-order valence-electron chi connectivity index (χ4n) is 3.19. The molecule has 0 unspecified atom stereocenters. The molecule has 0 atom stereocenters. The largest absolute Gasteiger partial charge is 0.465 e. The van der Waals surface area contributed by atoms with Gasteiger partial charge in [0.25, 0.3) is 5.91 Å². The minimum Gasteiger partial charge on any atom is -0.465 e. The highest BCUT2D eigenvalue weighted by molar-refractivity contribution is 7.17. The van der Waals surface area contributed by atoms with Crippen LogP contribution in [-0.2, 0) is 27.1 Å². The van der Waals surface area contributed by atoms with Crippen molar-refractivity contribution in [3.05, 3.63) is 45.8 Å². The van der Waals surface area contributed by atoms with Gasteiger partial charge in [0.15, 0.2) is 6.61 Å². The second-order valence-electron chi connectivity index (χ2n) is 6.51. The second kappa shape index (κ2) is 8.88. The van der Waals surface area contributed by atoms with E-state index in [1.165, 1.54) is 24.5 Å². The Morgan fingerprint density at radius 1 is 1.14 bits per heavy atom. The van der Waals surface area contributed by atoms with E-state index >= 15 is 0 Å². The van der Waals surface area contributed by atoms with Gasteiger partial charge < -0.3 is 20.5 Å². The number of benzene rings is 1. The van der Waals surface area contributed by atoms with Gasteiger partial charge in [-0.3, -0.25) is 4.79 Å². The molecular formula is C20H22N2O5S. The minimum atomic E-state index is -0.641. The summed E-state index contributed by atoms with van der Waals surface area (Å²) in [7, 11) is 1.32. The number of amides is 1. The van der Waals surface area contributed by atoms with Gasteiger partial charge in [0.05, 0.1) is 18.2 Å². The molecule has 0 spiro atoms. The summed E-state index contributed by atoms with van der Waals surface area (Å²) in [6.07, 6.45) is 4.84. The molecule has 0 saturated carbocycles. The van der Waals surface area contributed by atoms with Crippen molar-refractivity contribution in [1.82, 2.24) is 0 Å². The molecule has 0 aliphatic heterocycles. The molecule has 0 radical (unpaired) electrons. The van der Waals surface area contributed by atoms with Gasteiger partial charge in [0.2, 0.25) is 0 Å². The number of nitrogens with two attached hydrogens (primary N) is 1. The summed E-state index contributed by atoms with van der Waals surface area (Å²) in [5, 5.41) is 3.15. The highest BCUT2D eigenvalue weighted by atomic mass is 32.1. The van der Waals surface area contributed by atoms with Crippen LogP contribution in [0.3, 0.4) is 0 Å². The number of aryl methyl sites for hydroxylation is 1. The summed E-state index contributed by atoms with van der Waals surface area (Å²) >= 11 is 1.39. The van der Waals surface area contributed by atoms with E-state index in [-0.39, 0.29) is 5.56 Å². The molecule has 0 fully saturated rings. The number of carbonyl (C=O) groups is 3. The fraction of sp³-hybridized carbons (Fsp3) is 0.350. The number of nitrogen functional groups attached to an aromatic ring is 1. The van der Waals surface area contributed by atoms with Gasteiger partial charge in [-0.2, -0.15) is 0 Å². The Balaban J connectivity index is 1.70. The van der Waals surface area contributed by atoms with Crippen LogP contribution in [0.4, 0.5) is 10.7 Å². The number of hydrogen-bond donors (Lipinski definition) is 2. The number of esters is 2. The Kier molecular flexibility index (Phi) is 6.30. The van der Waals surface area contributed by atoms with Crippen LogP contribution in [0.15, 0.2) is 24.3 Å². The molecule has 3 N–H and O–H groups in total. The highest BCUT2D eigenvalue weighted by Gasteiger charge is 2.26. The van der Waals surface area contributed by atoms with Crippen LogP contribution in [0.2, 0.25) is 0 Å². The van der Waals surface area contributed by atoms with Crippen molar-refractivity contribution < 1.29 is 23.9 Å². The van der Waals surface area contributed by atoms with Crippen molar-refractivity contribution in [3.8, 4) is 0 Å². The van der Waals surface area contributed by atoms with Crippen LogP contribution in [0.1, 0.15) is 50.4 Å². The van der Waals surface area contributed by atoms with Crippen LogP contribution < -0.4 is 11.1 Å². The molecule has 28 heavy (non-hydrogen) atoms. The molecule has 0 bridgehead atoms. The minimum absolute atomic E-state index is 0.269. The van der Waals surface area contributed by atoms with Crippen LogP contribution in [0.5, 0.6) is 0 Å². The van der Waals surface area contributed by atoms with Crippen molar-refractivity contribution in [2.45, 2.75) is 32.1 Å². The van der Waals surface area contributed by atoms with E-state index in [0.29, 0.717) is 16.3 Å². The predicted octanol–water partition coefficient (Wildman–Crippen LogP) is 3.18. The number of thiophene rings is 1. The van der Waals surface area contributed by atoms with E-state index in [4.69, 9.17) is 15.2 Å². The molecular weight excluding hydrogens is 380 g/mol. The van der Waals surface area contributed by atoms with E-state index in [0.717, 1.165) is 42.5 Å². The fourth-order valence-corrected chi connectivity index (χ4v) is 4.49. The smallest absolute Gasteiger partial charge is 0.341 e. The number of rotatable bonds is 5. The van der Waals surface area contributed by atoms with Crippen LogP contribution in [-0.4, -0.2) is 31.6 Å². The summed E-state index contributed by atoms with van der Waals surface area (Å²) in [6.45, 7) is -0.461. The maximum Gasteiger partial charge on any atom is 0.341 e. The molecule has 2 aromatic rings. The molecule has 0 saturated heterocycles. The number of carbonyl (C=O) groups excluding carboxylic acids is 3. The third-order valence-corrected chi connectivity index (χ3v) is 5.73. The first-order valence-corrected chi connectivity index (χ1v) is 9.86. The van der Waals surface area contributed by atoms with E-state index in [1.807, 2.05) is 0 Å². The number of ether oxygens (including phenoxy) is 2. The van der Waals surface area contributed by atoms with E-state index in [1.54, 1.807) is 18.2 Å². The number of nitrogens with one attached hydrogen (secondary N) is 1. The van der Waals surface area contributed by atoms with Gasteiger partial charge in [-0.05, 0) is 49.4 Å². The summed E-state index contributed by atoms with van der Waals surface area (Å²) < 4.78 is 9.96. The first-order valence-electron chi connectivity index (χ1n) is 9.05. The summed E-state index contributed by atoms with van der Waals surface area (Å²) in [4.78, 5) is 37.7. The number of hydrogen-bond acceptors (Lipinski definition) is 7. The topological polar surface area (TPSA) is 108 Å². The maximum absolute atomic E-state index is 12.3. The van der Waals surface area contributed by atoms with Crippen molar-refractivity contribution in [1.29, 1.82) is 0 Å². The van der Waals surface area contributed by atoms with Crippen LogP contribution in [0, 0.1) is 0 Å². The number of anilines is 2. The standard InChI is InChI=1S/C20H22N2O5S/c1-26-20(25)17-14-8-3-2-4-9-15(14)28-18(17)22-16(23)11-27-19(24)12-6-5-7-13(21)10-12/h5-7,10H,2-4,8-9,11,21H2,1H3,(H,22,23). The molecule has 1 aromatic carbocycles. The van der Waals surface area contributed by atoms with Crippen LogP contribution in [0.25, 0.3) is 0 Å². The quantitative estimate of drug-likeness (QED) is 0.452. The van der Waals surface area contributed by atoms with Crippen molar-refractivity contribution in [2.75, 3.05) is 24.8 Å². The Labute approximate surface area is 166 Å². The first kappa shape index (κ1) is 19.9. The number of fused-ring (bicyclic) bond motifs is 1. The Bertz CT molecular complexity index is 906. The molecule has 1 aromatic heterocycles. The highest BCUT2D eigenvalue weighted by Crippen LogP contribution is 2.37. The average Bonchev–Trinajstić information content (AvgIpc) is 2.85. The lowest BCUT2D eigenvalue weighted by molar-refractivity contribution is -0.119. The Morgan fingerprint density at radius 3 is 2.68 bits per heavy atom. The summed E-state index contributed by atoms with van der Waals surface area (Å²) in [5.41, 5.74) is 7.72. The van der Waals surface area contributed by atoms with Gasteiger partial charge in [0, 0.05) is 10.6 Å². The second-order valence-corrected chi connectivity index (χ2v) is 7.62. The zero-order valence-corrected chi connectivity index (χ0v) is 16.4. The van der Waals surface area contributed by atoms with Gasteiger partial charge in [-0.25, -0.2) is 9.59 Å². The third kappa shape index (κ3) is 4.51. The predicted molar refractivity (Wildman–Crippen MR) is 107 cm³/mol. The van der Waals surface area contributed by atoms with Gasteiger partial charge >= 0.3 is 11.9 Å². The van der Waals surface area contributed by atoms with Crippen molar-refractivity contribution in [2.24, 2.45) is 0 Å². The Hall–Kier alpha value is -2.87. The van der Waals surface area contributed by atoms with E-state index in [2.05, 4.69) is 5.32 Å². The zero-order chi connectivity index (χ0) is 20.1. The zero-order valence-electron chi connectivity index (χ0n) is 15.6. The molecule has 1 aliphatic rings. The normalized spacial score (nSPS) is 13.2. The molecule has 1 heterocycles. The SMILES string of the molecule is COC(=O)c1c(NC(=O)COC(=O)c2cccc(N)c2)sc2c1CCCCC2. The monoisotopic (exact) mass is 402 g/mol. The summed E-state index contributed by atoms with van der Waals surface area (Å²) in [5.74, 6) is -1.62. The molecule has 148 valence electrons. The maximum atomic E-state index is 12.3. The lowest BCUT2D eigenvalue weighted by atomic mass is 10.1. The first-order chi connectivity index (χ1) is 13.5. The molecule has 1 amide bonds. The van der Waals surface area contributed by atoms with Crippen LogP contribution >= 0.6 is 11.3 Å². The van der Waals surface area contributed by atoms with Crippen molar-refractivity contribution >= 4 is 39.9 Å². The Morgan fingerprint density at radius 2 is 1.93 bits per heavy atom. The molecule has 3 rings (SSSR count). The van der Waals surface area contributed by atoms with E-state index < -0.39 is 24.5 Å². The lowest BCUT2D eigenvalue weighted by Crippen LogP contribution is -2.21. The lowest BCUT2D eigenvalue weighted by Gasteiger charge is -2.08. The van der Waals surface area contributed by atoms with Gasteiger partial charge in [0.1, 0.15) is 5.00 Å². The molecule has 7 nitrogen and oxygen atoms in total. The van der Waals surface area contributed by atoms with E-state index in [9.17, 15) is 14.4 Å². The molecule has 1 aliphatic carbocycles.